The Morgan fingerprint density at radius 2 is 1.80 bits per heavy atom. The van der Waals surface area contributed by atoms with E-state index in [1.165, 1.54) is 4.31 Å². The number of halogens is 1. The molecular formula is C16H37IN4O3S. The van der Waals surface area contributed by atoms with Crippen LogP contribution >= 0.6 is 24.0 Å². The first-order valence-corrected chi connectivity index (χ1v) is 10.4. The fraction of sp³-hybridized carbons (Fsp3) is 0.938. The van der Waals surface area contributed by atoms with Crippen LogP contribution in [-0.4, -0.2) is 70.9 Å². The quantitative estimate of drug-likeness (QED) is 0.188. The molecule has 0 radical (unpaired) electrons. The summed E-state index contributed by atoms with van der Waals surface area (Å²) >= 11 is 0. The van der Waals surface area contributed by atoms with Crippen molar-refractivity contribution in [2.24, 2.45) is 10.9 Å². The van der Waals surface area contributed by atoms with Gasteiger partial charge < -0.3 is 15.4 Å². The highest BCUT2D eigenvalue weighted by atomic mass is 127. The molecule has 0 aliphatic heterocycles. The highest BCUT2D eigenvalue weighted by Crippen LogP contribution is 2.09. The summed E-state index contributed by atoms with van der Waals surface area (Å²) in [5, 5.41) is 6.48. The highest BCUT2D eigenvalue weighted by Gasteiger charge is 2.14. The number of nitrogens with one attached hydrogen (secondary N) is 2. The molecule has 152 valence electrons. The van der Waals surface area contributed by atoms with Gasteiger partial charge in [0.15, 0.2) is 5.96 Å². The highest BCUT2D eigenvalue weighted by molar-refractivity contribution is 14.0. The second-order valence-electron chi connectivity index (χ2n) is 6.03. The zero-order chi connectivity index (χ0) is 18.6. The molecule has 2 N–H and O–H groups in total. The van der Waals surface area contributed by atoms with E-state index >= 15 is 0 Å². The average Bonchev–Trinajstić information content (AvgIpc) is 2.55. The molecule has 25 heavy (non-hydrogen) atoms. The smallest absolute Gasteiger partial charge is 0.213 e. The van der Waals surface area contributed by atoms with Gasteiger partial charge in [0.25, 0.3) is 0 Å². The second-order valence-corrected chi connectivity index (χ2v) is 8.39. The van der Waals surface area contributed by atoms with Gasteiger partial charge in [0, 0.05) is 40.3 Å². The minimum Gasteiger partial charge on any atom is -0.378 e. The van der Waals surface area contributed by atoms with Crippen LogP contribution in [0.15, 0.2) is 4.99 Å². The van der Waals surface area contributed by atoms with Crippen molar-refractivity contribution >= 4 is 40.0 Å². The molecular weight excluding hydrogens is 455 g/mol. The van der Waals surface area contributed by atoms with Crippen LogP contribution in [0.25, 0.3) is 0 Å². The van der Waals surface area contributed by atoms with Gasteiger partial charge in [-0.05, 0) is 32.6 Å². The molecule has 0 aromatic carbocycles. The van der Waals surface area contributed by atoms with Gasteiger partial charge >= 0.3 is 0 Å². The lowest BCUT2D eigenvalue weighted by atomic mass is 10.0. The van der Waals surface area contributed by atoms with Crippen molar-refractivity contribution in [2.75, 3.05) is 46.1 Å². The molecule has 0 saturated heterocycles. The maximum atomic E-state index is 11.7. The van der Waals surface area contributed by atoms with Crippen molar-refractivity contribution in [3.63, 3.8) is 0 Å². The number of aliphatic imine (C=N–C) groups is 1. The van der Waals surface area contributed by atoms with Crippen molar-refractivity contribution in [1.29, 1.82) is 0 Å². The third-order valence-electron chi connectivity index (χ3n) is 3.85. The normalized spacial score (nSPS) is 13.7. The molecule has 7 nitrogen and oxygen atoms in total. The van der Waals surface area contributed by atoms with Gasteiger partial charge in [-0.25, -0.2) is 12.7 Å². The van der Waals surface area contributed by atoms with E-state index in [1.807, 2.05) is 6.92 Å². The standard InChI is InChI=1S/C16H36N4O3S.HI/c1-7-23-15(14(3)4)10-12-19-16(17-5)18-11-9-13-20(6)24(21,22)8-2;/h14-15H,7-13H2,1-6H3,(H2,17,18,19);1H. The summed E-state index contributed by atoms with van der Waals surface area (Å²) in [5.41, 5.74) is 0. The third-order valence-corrected chi connectivity index (χ3v) is 5.71. The summed E-state index contributed by atoms with van der Waals surface area (Å²) < 4.78 is 30.4. The van der Waals surface area contributed by atoms with Gasteiger partial charge in [0.2, 0.25) is 10.0 Å². The molecule has 0 fully saturated rings. The van der Waals surface area contributed by atoms with Crippen LogP contribution in [0.3, 0.4) is 0 Å². The zero-order valence-electron chi connectivity index (χ0n) is 16.5. The summed E-state index contributed by atoms with van der Waals surface area (Å²) in [6.45, 7) is 10.7. The van der Waals surface area contributed by atoms with E-state index in [9.17, 15) is 8.42 Å². The summed E-state index contributed by atoms with van der Waals surface area (Å²) in [4.78, 5) is 4.18. The van der Waals surface area contributed by atoms with E-state index in [2.05, 4.69) is 29.5 Å². The van der Waals surface area contributed by atoms with Gasteiger partial charge in [-0.3, -0.25) is 4.99 Å². The number of nitrogens with zero attached hydrogens (tertiary/aromatic N) is 2. The fourth-order valence-corrected chi connectivity index (χ4v) is 3.09. The molecule has 0 rings (SSSR count). The molecule has 0 aliphatic rings. The topological polar surface area (TPSA) is 83.0 Å². The Hall–Kier alpha value is -0.130. The molecule has 0 aliphatic carbocycles. The Bertz CT molecular complexity index is 458. The molecule has 1 atom stereocenters. The lowest BCUT2D eigenvalue weighted by Gasteiger charge is -2.21. The van der Waals surface area contributed by atoms with E-state index in [4.69, 9.17) is 4.74 Å². The summed E-state index contributed by atoms with van der Waals surface area (Å²) in [5.74, 6) is 1.35. The molecule has 0 spiro atoms. The third kappa shape index (κ3) is 12.0. The Kier molecular flexibility index (Phi) is 16.2. The van der Waals surface area contributed by atoms with Gasteiger partial charge in [-0.1, -0.05) is 13.8 Å². The van der Waals surface area contributed by atoms with E-state index in [0.717, 1.165) is 32.0 Å². The van der Waals surface area contributed by atoms with Crippen molar-refractivity contribution in [3.05, 3.63) is 0 Å². The van der Waals surface area contributed by atoms with Crippen LogP contribution in [0.5, 0.6) is 0 Å². The fourth-order valence-electron chi connectivity index (χ4n) is 2.24. The summed E-state index contributed by atoms with van der Waals surface area (Å²) in [6.07, 6.45) is 1.89. The van der Waals surface area contributed by atoms with Gasteiger partial charge in [0.05, 0.1) is 11.9 Å². The SMILES string of the molecule is CCOC(CCNC(=NC)NCCCN(C)S(=O)(=O)CC)C(C)C.I. The molecule has 0 saturated carbocycles. The molecule has 0 aromatic heterocycles. The lowest BCUT2D eigenvalue weighted by molar-refractivity contribution is 0.0258. The Morgan fingerprint density at radius 3 is 2.28 bits per heavy atom. The maximum Gasteiger partial charge on any atom is 0.213 e. The number of hydrogen-bond donors (Lipinski definition) is 2. The van der Waals surface area contributed by atoms with Gasteiger partial charge in [0.1, 0.15) is 0 Å². The van der Waals surface area contributed by atoms with Crippen LogP contribution in [0.2, 0.25) is 0 Å². The summed E-state index contributed by atoms with van der Waals surface area (Å²) in [6, 6.07) is 0. The number of guanidine groups is 1. The molecule has 1 unspecified atom stereocenters. The van der Waals surface area contributed by atoms with Crippen molar-refractivity contribution < 1.29 is 13.2 Å². The zero-order valence-corrected chi connectivity index (χ0v) is 19.7. The molecule has 0 heterocycles. The van der Waals surface area contributed by atoms with Crippen LogP contribution in [-0.2, 0) is 14.8 Å². The van der Waals surface area contributed by atoms with Crippen molar-refractivity contribution in [3.8, 4) is 0 Å². The van der Waals surface area contributed by atoms with E-state index in [0.29, 0.717) is 19.0 Å². The lowest BCUT2D eigenvalue weighted by Crippen LogP contribution is -2.40. The van der Waals surface area contributed by atoms with Crippen LogP contribution < -0.4 is 10.6 Å². The number of hydrogen-bond acceptors (Lipinski definition) is 4. The molecule has 0 bridgehead atoms. The van der Waals surface area contributed by atoms with E-state index in [-0.39, 0.29) is 35.8 Å². The minimum absolute atomic E-state index is 0. The predicted molar refractivity (Wildman–Crippen MR) is 116 cm³/mol. The Balaban J connectivity index is 0. The van der Waals surface area contributed by atoms with Gasteiger partial charge in [-0.2, -0.15) is 0 Å². The predicted octanol–water partition coefficient (Wildman–Crippen LogP) is 1.89. The van der Waals surface area contributed by atoms with Crippen LogP contribution in [0.4, 0.5) is 0 Å². The minimum atomic E-state index is -3.10. The number of ether oxygens (including phenoxy) is 1. The second kappa shape index (κ2) is 15.0. The molecule has 9 heteroatoms. The Morgan fingerprint density at radius 1 is 1.20 bits per heavy atom. The van der Waals surface area contributed by atoms with Crippen LogP contribution in [0.1, 0.15) is 40.5 Å². The first-order valence-electron chi connectivity index (χ1n) is 8.78. The van der Waals surface area contributed by atoms with E-state index < -0.39 is 10.0 Å². The van der Waals surface area contributed by atoms with Crippen molar-refractivity contribution in [2.45, 2.75) is 46.6 Å². The molecule has 0 amide bonds. The maximum absolute atomic E-state index is 11.7. The summed E-state index contributed by atoms with van der Waals surface area (Å²) in [7, 11) is 0.248. The monoisotopic (exact) mass is 492 g/mol. The van der Waals surface area contributed by atoms with E-state index in [1.54, 1.807) is 21.0 Å². The van der Waals surface area contributed by atoms with Crippen LogP contribution in [0, 0.1) is 5.92 Å². The number of sulfonamides is 1. The van der Waals surface area contributed by atoms with Crippen molar-refractivity contribution in [1.82, 2.24) is 14.9 Å². The van der Waals surface area contributed by atoms with Gasteiger partial charge in [-0.15, -0.1) is 24.0 Å². The molecule has 0 aromatic rings. The number of rotatable bonds is 12. The first-order chi connectivity index (χ1) is 11.3. The Labute approximate surface area is 171 Å². The first kappa shape index (κ1) is 27.1. The average molecular weight is 492 g/mol. The largest absolute Gasteiger partial charge is 0.378 e.